The van der Waals surface area contributed by atoms with E-state index in [1.807, 2.05) is 115 Å². The average Bonchev–Trinajstić information content (AvgIpc) is 3.23. The molecule has 0 rings (SSSR count). The van der Waals surface area contributed by atoms with Crippen LogP contribution < -0.4 is 0 Å². The number of allylic oxidation sites excluding steroid dienone is 26. The molecule has 0 aromatic rings. The van der Waals surface area contributed by atoms with E-state index >= 15 is 0 Å². The summed E-state index contributed by atoms with van der Waals surface area (Å²) in [5, 5.41) is 0. The Labute approximate surface area is 359 Å². The van der Waals surface area contributed by atoms with Gasteiger partial charge in [0.25, 0.3) is 0 Å². The van der Waals surface area contributed by atoms with Gasteiger partial charge in [0, 0.05) is 19.3 Å². The second kappa shape index (κ2) is 45.7. The molecule has 0 heterocycles. The molecule has 0 fully saturated rings. The van der Waals surface area contributed by atoms with E-state index in [2.05, 4.69) is 63.3 Å². The summed E-state index contributed by atoms with van der Waals surface area (Å²) >= 11 is 0. The lowest BCUT2D eigenvalue weighted by Crippen LogP contribution is -2.30. The van der Waals surface area contributed by atoms with Gasteiger partial charge in [0.15, 0.2) is 6.10 Å². The predicted octanol–water partition coefficient (Wildman–Crippen LogP) is 14.3. The first-order valence-electron chi connectivity index (χ1n) is 22.2. The zero-order valence-corrected chi connectivity index (χ0v) is 36.7. The van der Waals surface area contributed by atoms with Gasteiger partial charge in [0.2, 0.25) is 0 Å². The minimum atomic E-state index is -0.850. The molecule has 324 valence electrons. The average molecular weight is 809 g/mol. The van der Waals surface area contributed by atoms with Gasteiger partial charge in [-0.1, -0.05) is 204 Å². The standard InChI is InChI=1S/C53H76O6/c1-4-7-10-13-16-19-22-24-25-26-27-29-31-34-37-40-43-46-52(55)58-49-50(48-57-51(54)45-42-39-36-33-30-21-18-15-12-9-6-3)59-53(56)47-44-41-38-35-32-28-23-20-17-14-11-8-5-2/h7-8,10-11,13-32,35,38,50H,4-6,9,12,33-34,36-37,39-49H2,1-3H3/b10-7-,11-8-,16-13-,17-14-,18-15-,22-19-,23-20-,25-24-,27-26+,30-21-,31-29-,32-28-,38-35-. The molecule has 0 aliphatic heterocycles. The summed E-state index contributed by atoms with van der Waals surface area (Å²) in [6.07, 6.45) is 66.6. The summed E-state index contributed by atoms with van der Waals surface area (Å²) in [5.41, 5.74) is 0. The largest absolute Gasteiger partial charge is 0.462 e. The fraction of sp³-hybridized carbons (Fsp3) is 0.453. The van der Waals surface area contributed by atoms with E-state index in [0.29, 0.717) is 25.7 Å². The minimum Gasteiger partial charge on any atom is -0.462 e. The molecule has 0 saturated heterocycles. The Morgan fingerprint density at radius 3 is 1.07 bits per heavy atom. The Hall–Kier alpha value is -4.97. The van der Waals surface area contributed by atoms with Crippen molar-refractivity contribution < 1.29 is 28.6 Å². The van der Waals surface area contributed by atoms with Gasteiger partial charge in [-0.25, -0.2) is 0 Å². The van der Waals surface area contributed by atoms with Crippen LogP contribution in [0.3, 0.4) is 0 Å². The topological polar surface area (TPSA) is 78.9 Å². The van der Waals surface area contributed by atoms with Gasteiger partial charge in [-0.05, 0) is 70.6 Å². The number of hydrogen-bond acceptors (Lipinski definition) is 6. The Kier molecular flexibility index (Phi) is 41.9. The second-order valence-electron chi connectivity index (χ2n) is 13.8. The molecule has 0 aromatic carbocycles. The van der Waals surface area contributed by atoms with E-state index in [-0.39, 0.29) is 38.0 Å². The first-order chi connectivity index (χ1) is 29.0. The third-order valence-electron chi connectivity index (χ3n) is 8.31. The predicted molar refractivity (Wildman–Crippen MR) is 251 cm³/mol. The number of esters is 3. The third-order valence-corrected chi connectivity index (χ3v) is 8.31. The van der Waals surface area contributed by atoms with Crippen molar-refractivity contribution in [2.24, 2.45) is 0 Å². The van der Waals surface area contributed by atoms with Crippen LogP contribution in [0.1, 0.15) is 136 Å². The molecule has 6 nitrogen and oxygen atoms in total. The van der Waals surface area contributed by atoms with Crippen LogP contribution in [0.5, 0.6) is 0 Å². The summed E-state index contributed by atoms with van der Waals surface area (Å²) in [4.78, 5) is 37.7. The van der Waals surface area contributed by atoms with Crippen molar-refractivity contribution >= 4 is 17.9 Å². The van der Waals surface area contributed by atoms with Gasteiger partial charge in [0.1, 0.15) is 13.2 Å². The maximum absolute atomic E-state index is 12.7. The van der Waals surface area contributed by atoms with Crippen LogP contribution in [-0.2, 0) is 28.6 Å². The van der Waals surface area contributed by atoms with Crippen molar-refractivity contribution in [1.29, 1.82) is 0 Å². The molecule has 1 unspecified atom stereocenters. The maximum atomic E-state index is 12.7. The number of ether oxygens (including phenoxy) is 3. The summed E-state index contributed by atoms with van der Waals surface area (Å²) in [6, 6.07) is 0. The first kappa shape index (κ1) is 54.0. The summed E-state index contributed by atoms with van der Waals surface area (Å²) < 4.78 is 16.6. The molecule has 0 aliphatic carbocycles. The second-order valence-corrected chi connectivity index (χ2v) is 13.8. The molecule has 1 atom stereocenters. The number of carbonyl (C=O) groups is 3. The fourth-order valence-corrected chi connectivity index (χ4v) is 5.01. The van der Waals surface area contributed by atoms with Gasteiger partial charge >= 0.3 is 17.9 Å². The number of rotatable bonds is 36. The third kappa shape index (κ3) is 44.0. The minimum absolute atomic E-state index is 0.144. The molecule has 0 radical (unpaired) electrons. The zero-order chi connectivity index (χ0) is 43.0. The molecule has 6 heteroatoms. The van der Waals surface area contributed by atoms with Crippen molar-refractivity contribution in [3.8, 4) is 0 Å². The molecule has 0 aromatic heterocycles. The quantitative estimate of drug-likeness (QED) is 0.0271. The first-order valence-corrected chi connectivity index (χ1v) is 22.2. The molecule has 0 saturated carbocycles. The molecule has 0 bridgehead atoms. The van der Waals surface area contributed by atoms with Crippen LogP contribution in [0.25, 0.3) is 0 Å². The van der Waals surface area contributed by atoms with E-state index < -0.39 is 12.1 Å². The van der Waals surface area contributed by atoms with Crippen LogP contribution in [0.15, 0.2) is 158 Å². The van der Waals surface area contributed by atoms with Crippen molar-refractivity contribution in [1.82, 2.24) is 0 Å². The number of unbranched alkanes of at least 4 members (excludes halogenated alkanes) is 9. The molecule has 0 amide bonds. The van der Waals surface area contributed by atoms with Gasteiger partial charge in [-0.3, -0.25) is 14.4 Å². The van der Waals surface area contributed by atoms with Crippen molar-refractivity contribution in [3.63, 3.8) is 0 Å². The van der Waals surface area contributed by atoms with Crippen LogP contribution in [0.4, 0.5) is 0 Å². The Morgan fingerprint density at radius 2 is 0.678 bits per heavy atom. The van der Waals surface area contributed by atoms with Gasteiger partial charge in [-0.2, -0.15) is 0 Å². The zero-order valence-electron chi connectivity index (χ0n) is 36.7. The molecule has 0 aliphatic rings. The normalized spacial score (nSPS) is 13.6. The molecule has 0 N–H and O–H groups in total. The van der Waals surface area contributed by atoms with E-state index in [1.165, 1.54) is 12.8 Å². The number of hydrogen-bond donors (Lipinski definition) is 0. The summed E-state index contributed by atoms with van der Waals surface area (Å²) in [5.74, 6) is -1.11. The van der Waals surface area contributed by atoms with Crippen LogP contribution >= 0.6 is 0 Å². The lowest BCUT2D eigenvalue weighted by Gasteiger charge is -2.18. The van der Waals surface area contributed by atoms with E-state index in [4.69, 9.17) is 14.2 Å². The van der Waals surface area contributed by atoms with Crippen LogP contribution in [-0.4, -0.2) is 37.2 Å². The fourth-order valence-electron chi connectivity index (χ4n) is 5.01. The highest BCUT2D eigenvalue weighted by Gasteiger charge is 2.19. The Bertz CT molecular complexity index is 1440. The molecular formula is C53H76O6. The van der Waals surface area contributed by atoms with Gasteiger partial charge in [0.05, 0.1) is 0 Å². The van der Waals surface area contributed by atoms with E-state index in [9.17, 15) is 14.4 Å². The summed E-state index contributed by atoms with van der Waals surface area (Å²) in [6.45, 7) is 6.11. The Balaban J connectivity index is 4.67. The lowest BCUT2D eigenvalue weighted by molar-refractivity contribution is -0.167. The highest BCUT2D eigenvalue weighted by molar-refractivity contribution is 5.71. The lowest BCUT2D eigenvalue weighted by atomic mass is 10.1. The van der Waals surface area contributed by atoms with Crippen molar-refractivity contribution in [2.75, 3.05) is 13.2 Å². The van der Waals surface area contributed by atoms with E-state index in [1.54, 1.807) is 0 Å². The highest BCUT2D eigenvalue weighted by atomic mass is 16.6. The molecule has 59 heavy (non-hydrogen) atoms. The smallest absolute Gasteiger partial charge is 0.306 e. The monoisotopic (exact) mass is 809 g/mol. The van der Waals surface area contributed by atoms with Crippen molar-refractivity contribution in [2.45, 2.75) is 142 Å². The van der Waals surface area contributed by atoms with E-state index in [0.717, 1.165) is 64.2 Å². The Morgan fingerprint density at radius 1 is 0.356 bits per heavy atom. The number of carbonyl (C=O) groups excluding carboxylic acids is 3. The molecular weight excluding hydrogens is 733 g/mol. The summed E-state index contributed by atoms with van der Waals surface area (Å²) in [7, 11) is 0. The maximum Gasteiger partial charge on any atom is 0.306 e. The van der Waals surface area contributed by atoms with Gasteiger partial charge < -0.3 is 14.2 Å². The molecule has 0 spiro atoms. The highest BCUT2D eigenvalue weighted by Crippen LogP contribution is 2.10. The van der Waals surface area contributed by atoms with Crippen molar-refractivity contribution in [3.05, 3.63) is 158 Å². The van der Waals surface area contributed by atoms with Crippen LogP contribution in [0.2, 0.25) is 0 Å². The van der Waals surface area contributed by atoms with Gasteiger partial charge in [-0.15, -0.1) is 0 Å². The SMILES string of the molecule is CC\C=C/C=C\C=C/C=C\C=C/CCCC(=O)OC(COC(=O)CCCCC/C=C\C=C/CCCC)COC(=O)CCCCC\C=C/C=C/C=C\C=C/C=C\C=C/CC. The van der Waals surface area contributed by atoms with Crippen LogP contribution in [0, 0.1) is 0 Å².